The lowest BCUT2D eigenvalue weighted by Crippen LogP contribution is -2.27. The predicted octanol–water partition coefficient (Wildman–Crippen LogP) is 1.48. The molecule has 0 aliphatic carbocycles. The maximum absolute atomic E-state index is 9.64. The van der Waals surface area contributed by atoms with Crippen molar-refractivity contribution in [1.82, 2.24) is 5.73 Å². The van der Waals surface area contributed by atoms with Gasteiger partial charge in [-0.3, -0.25) is 5.73 Å². The maximum Gasteiger partial charge on any atom is 0.491 e. The summed E-state index contributed by atoms with van der Waals surface area (Å²) in [6.07, 6.45) is 0. The predicted molar refractivity (Wildman–Crippen MR) is 72.2 cm³/mol. The Morgan fingerprint density at radius 1 is 1.16 bits per heavy atom. The fourth-order valence-corrected chi connectivity index (χ4v) is 2.07. The molecule has 2 aromatic carbocycles. The van der Waals surface area contributed by atoms with Crippen LogP contribution in [-0.4, -0.2) is 12.1 Å². The second-order valence-electron chi connectivity index (χ2n) is 4.45. The van der Waals surface area contributed by atoms with Gasteiger partial charge in [-0.05, 0) is 40.9 Å². The van der Waals surface area contributed by atoms with E-state index in [0.717, 1.165) is 16.6 Å². The van der Waals surface area contributed by atoms with E-state index in [4.69, 9.17) is 15.1 Å². The molecule has 0 aromatic heterocycles. The summed E-state index contributed by atoms with van der Waals surface area (Å²) in [6, 6.07) is 13.0. The summed E-state index contributed by atoms with van der Waals surface area (Å²) in [7, 11) is -0.857. The molecule has 2 aromatic rings. The second-order valence-corrected chi connectivity index (χ2v) is 4.45. The van der Waals surface area contributed by atoms with Crippen molar-refractivity contribution in [3.05, 3.63) is 53.6 Å². The Bertz CT molecular complexity index is 586. The molecule has 0 fully saturated rings. The second kappa shape index (κ2) is 5.05. The van der Waals surface area contributed by atoms with Gasteiger partial charge in [-0.15, -0.1) is 0 Å². The summed E-state index contributed by atoms with van der Waals surface area (Å²) in [5.41, 5.74) is 9.96. The van der Waals surface area contributed by atoms with Crippen LogP contribution in [0.2, 0.25) is 0 Å². The first-order chi connectivity index (χ1) is 9.26. The van der Waals surface area contributed by atoms with Crippen LogP contribution in [0.25, 0.3) is 0 Å². The Kier molecular flexibility index (Phi) is 3.25. The Morgan fingerprint density at radius 2 is 1.89 bits per heavy atom. The molecule has 95 valence electrons. The van der Waals surface area contributed by atoms with Gasteiger partial charge >= 0.3 is 7.12 Å². The van der Waals surface area contributed by atoms with Crippen LogP contribution in [0.3, 0.4) is 0 Å². The Morgan fingerprint density at radius 3 is 2.63 bits per heavy atom. The number of ether oxygens (including phenoxy) is 1. The minimum atomic E-state index is -0.857. The molecule has 1 aliphatic rings. The standard InChI is InChI=1S/C14H13BNO3/c16-8-10-1-4-12(5-2-10)19-13-6-3-11-9-18-15(17)14(11)7-13/h1-7,16-17H,8-9H2. The van der Waals surface area contributed by atoms with E-state index >= 15 is 0 Å². The molecule has 5 heteroatoms. The van der Waals surface area contributed by atoms with E-state index in [0.29, 0.717) is 18.1 Å². The van der Waals surface area contributed by atoms with E-state index < -0.39 is 7.12 Å². The van der Waals surface area contributed by atoms with Crippen LogP contribution >= 0.6 is 0 Å². The normalized spacial score (nSPS) is 13.5. The average Bonchev–Trinajstić information content (AvgIpc) is 2.81. The van der Waals surface area contributed by atoms with Crippen molar-refractivity contribution in [2.24, 2.45) is 0 Å². The van der Waals surface area contributed by atoms with Crippen molar-refractivity contribution in [3.63, 3.8) is 0 Å². The van der Waals surface area contributed by atoms with Crippen molar-refractivity contribution < 1.29 is 14.4 Å². The number of nitrogens with one attached hydrogen (secondary N) is 1. The smallest absolute Gasteiger partial charge is 0.457 e. The zero-order valence-corrected chi connectivity index (χ0v) is 10.3. The fraction of sp³-hybridized carbons (Fsp3) is 0.143. The highest BCUT2D eigenvalue weighted by atomic mass is 16.5. The minimum absolute atomic E-state index is 0.267. The van der Waals surface area contributed by atoms with Crippen LogP contribution in [0, 0.1) is 0 Å². The quantitative estimate of drug-likeness (QED) is 0.844. The van der Waals surface area contributed by atoms with Crippen molar-refractivity contribution in [2.75, 3.05) is 0 Å². The Balaban J connectivity index is 1.81. The summed E-state index contributed by atoms with van der Waals surface area (Å²) in [6.45, 7) is 0.706. The van der Waals surface area contributed by atoms with Gasteiger partial charge in [0, 0.05) is 6.54 Å². The van der Waals surface area contributed by atoms with Crippen molar-refractivity contribution in [1.29, 1.82) is 0 Å². The topological polar surface area (TPSA) is 62.5 Å². The molecule has 2 N–H and O–H groups in total. The molecular formula is C14H13BNO3. The van der Waals surface area contributed by atoms with Gasteiger partial charge in [0.15, 0.2) is 0 Å². The van der Waals surface area contributed by atoms with Gasteiger partial charge < -0.3 is 14.4 Å². The van der Waals surface area contributed by atoms with E-state index in [2.05, 4.69) is 0 Å². The summed E-state index contributed by atoms with van der Waals surface area (Å²) in [4.78, 5) is 0. The molecule has 0 unspecified atom stereocenters. The highest BCUT2D eigenvalue weighted by Gasteiger charge is 2.27. The summed E-state index contributed by atoms with van der Waals surface area (Å²) in [5, 5.41) is 9.64. The number of benzene rings is 2. The Hall–Kier alpha value is -1.82. The molecule has 0 atom stereocenters. The molecule has 0 saturated carbocycles. The first kappa shape index (κ1) is 12.2. The lowest BCUT2D eigenvalue weighted by atomic mass is 9.79. The van der Waals surface area contributed by atoms with Crippen LogP contribution < -0.4 is 15.9 Å². The SMILES string of the molecule is [NH]Cc1ccc(Oc2ccc3c(c2)B(O)OC3)cc1. The van der Waals surface area contributed by atoms with Crippen molar-refractivity contribution >= 4 is 12.6 Å². The molecule has 1 radical (unpaired) electrons. The average molecular weight is 254 g/mol. The number of fused-ring (bicyclic) bond motifs is 1. The molecule has 1 aliphatic heterocycles. The monoisotopic (exact) mass is 254 g/mol. The van der Waals surface area contributed by atoms with Crippen molar-refractivity contribution in [2.45, 2.75) is 13.2 Å². The molecule has 19 heavy (non-hydrogen) atoms. The summed E-state index contributed by atoms with van der Waals surface area (Å²) >= 11 is 0. The maximum atomic E-state index is 9.64. The van der Waals surface area contributed by atoms with E-state index in [1.807, 2.05) is 36.4 Å². The largest absolute Gasteiger partial charge is 0.491 e. The van der Waals surface area contributed by atoms with E-state index in [1.165, 1.54) is 0 Å². The molecular weight excluding hydrogens is 241 g/mol. The first-order valence-corrected chi connectivity index (χ1v) is 6.10. The van der Waals surface area contributed by atoms with E-state index in [1.54, 1.807) is 6.07 Å². The van der Waals surface area contributed by atoms with Crippen LogP contribution in [0.4, 0.5) is 0 Å². The lowest BCUT2D eigenvalue weighted by Gasteiger charge is -2.08. The van der Waals surface area contributed by atoms with Crippen LogP contribution in [0.1, 0.15) is 11.1 Å². The molecule has 0 bridgehead atoms. The number of hydrogen-bond donors (Lipinski definition) is 1. The zero-order valence-electron chi connectivity index (χ0n) is 10.3. The summed E-state index contributed by atoms with van der Waals surface area (Å²) < 4.78 is 10.9. The highest BCUT2D eigenvalue weighted by molar-refractivity contribution is 6.61. The Labute approximate surface area is 111 Å². The van der Waals surface area contributed by atoms with Gasteiger partial charge in [0.1, 0.15) is 11.5 Å². The molecule has 0 spiro atoms. The summed E-state index contributed by atoms with van der Waals surface area (Å²) in [5.74, 6) is 1.38. The molecule has 3 rings (SSSR count). The molecule has 1 heterocycles. The molecule has 4 nitrogen and oxygen atoms in total. The van der Waals surface area contributed by atoms with Crippen molar-refractivity contribution in [3.8, 4) is 11.5 Å². The van der Waals surface area contributed by atoms with Crippen LogP contribution in [0.15, 0.2) is 42.5 Å². The van der Waals surface area contributed by atoms with E-state index in [-0.39, 0.29) is 6.54 Å². The number of rotatable bonds is 3. The van der Waals surface area contributed by atoms with E-state index in [9.17, 15) is 5.02 Å². The van der Waals surface area contributed by atoms with Crippen LogP contribution in [0.5, 0.6) is 11.5 Å². The molecule has 0 amide bonds. The van der Waals surface area contributed by atoms with Gasteiger partial charge in [-0.2, -0.15) is 0 Å². The fourth-order valence-electron chi connectivity index (χ4n) is 2.07. The number of hydrogen-bond acceptors (Lipinski definition) is 3. The first-order valence-electron chi connectivity index (χ1n) is 6.10. The van der Waals surface area contributed by atoms with Gasteiger partial charge in [-0.1, -0.05) is 18.2 Å². The minimum Gasteiger partial charge on any atom is -0.457 e. The van der Waals surface area contributed by atoms with Gasteiger partial charge in [0.2, 0.25) is 0 Å². The third-order valence-electron chi connectivity index (χ3n) is 3.14. The third kappa shape index (κ3) is 2.49. The van der Waals surface area contributed by atoms with Gasteiger partial charge in [0.05, 0.1) is 6.61 Å². The molecule has 0 saturated heterocycles. The third-order valence-corrected chi connectivity index (χ3v) is 3.14. The van der Waals surface area contributed by atoms with Gasteiger partial charge in [-0.25, -0.2) is 0 Å². The van der Waals surface area contributed by atoms with Gasteiger partial charge in [0.25, 0.3) is 0 Å². The lowest BCUT2D eigenvalue weighted by molar-refractivity contribution is 0.275. The highest BCUT2D eigenvalue weighted by Crippen LogP contribution is 2.23. The van der Waals surface area contributed by atoms with Crippen LogP contribution in [-0.2, 0) is 17.8 Å². The zero-order chi connectivity index (χ0) is 13.2.